The van der Waals surface area contributed by atoms with E-state index in [4.69, 9.17) is 9.72 Å². The van der Waals surface area contributed by atoms with Crippen LogP contribution in [0.5, 0.6) is 11.5 Å². The molecule has 1 aromatic heterocycles. The quantitative estimate of drug-likeness (QED) is 0.824. The lowest BCUT2D eigenvalue weighted by Crippen LogP contribution is -2.33. The molecule has 0 radical (unpaired) electrons. The first-order chi connectivity index (χ1) is 13.6. The summed E-state index contributed by atoms with van der Waals surface area (Å²) < 4.78 is 5.26. The maximum atomic E-state index is 12.1. The fourth-order valence-corrected chi connectivity index (χ4v) is 4.19. The van der Waals surface area contributed by atoms with Crippen LogP contribution < -0.4 is 15.2 Å². The predicted molar refractivity (Wildman–Crippen MR) is 108 cm³/mol. The van der Waals surface area contributed by atoms with E-state index in [1.165, 1.54) is 0 Å². The van der Waals surface area contributed by atoms with Gasteiger partial charge in [-0.25, -0.2) is 4.98 Å². The number of phenols is 1. The summed E-state index contributed by atoms with van der Waals surface area (Å²) >= 11 is 0. The Balaban J connectivity index is 1.41. The topological polar surface area (TPSA) is 81.7 Å². The minimum absolute atomic E-state index is 0.0596. The van der Waals surface area contributed by atoms with Crippen molar-refractivity contribution in [3.63, 3.8) is 0 Å². The molecule has 0 amide bonds. The molecule has 0 saturated carbocycles. The van der Waals surface area contributed by atoms with Gasteiger partial charge in [0.1, 0.15) is 11.5 Å². The summed E-state index contributed by atoms with van der Waals surface area (Å²) in [4.78, 5) is 24.3. The number of rotatable bonds is 5. The molecule has 2 aliphatic rings. The van der Waals surface area contributed by atoms with Crippen molar-refractivity contribution in [3.8, 4) is 11.5 Å². The number of hydrogen-bond donors (Lipinski definition) is 2. The van der Waals surface area contributed by atoms with E-state index in [-0.39, 0.29) is 5.56 Å². The predicted octanol–water partition coefficient (Wildman–Crippen LogP) is 2.46. The number of methoxy groups -OCH3 is 1. The van der Waals surface area contributed by atoms with Crippen LogP contribution in [-0.4, -0.2) is 53.3 Å². The molecular formula is C21H28N4O3. The van der Waals surface area contributed by atoms with Gasteiger partial charge in [0.2, 0.25) is 5.95 Å². The lowest BCUT2D eigenvalue weighted by atomic mass is 9.93. The minimum Gasteiger partial charge on any atom is -0.508 e. The van der Waals surface area contributed by atoms with Crippen molar-refractivity contribution in [3.05, 3.63) is 45.9 Å². The van der Waals surface area contributed by atoms with Gasteiger partial charge in [-0.15, -0.1) is 0 Å². The summed E-state index contributed by atoms with van der Waals surface area (Å²) in [5.41, 5.74) is 1.73. The number of nitrogens with zero attached hydrogens (tertiary/aromatic N) is 3. The number of aromatic nitrogens is 2. The molecule has 2 aliphatic heterocycles. The smallest absolute Gasteiger partial charge is 0.252 e. The molecule has 2 N–H and O–H groups in total. The molecule has 2 aromatic rings. The first-order valence-corrected chi connectivity index (χ1v) is 10.1. The van der Waals surface area contributed by atoms with Gasteiger partial charge >= 0.3 is 0 Å². The number of piperidine rings is 1. The van der Waals surface area contributed by atoms with Gasteiger partial charge in [0, 0.05) is 37.2 Å². The van der Waals surface area contributed by atoms with Crippen LogP contribution >= 0.6 is 0 Å². The Hall–Kier alpha value is -2.54. The summed E-state index contributed by atoms with van der Waals surface area (Å²) in [6, 6.07) is 7.00. The lowest BCUT2D eigenvalue weighted by Gasteiger charge is -2.32. The van der Waals surface area contributed by atoms with Crippen LogP contribution in [0.3, 0.4) is 0 Å². The van der Waals surface area contributed by atoms with Crippen molar-refractivity contribution in [2.75, 3.05) is 38.2 Å². The first kappa shape index (κ1) is 18.8. The second-order valence-corrected chi connectivity index (χ2v) is 7.73. The van der Waals surface area contributed by atoms with Crippen molar-refractivity contribution in [1.82, 2.24) is 14.9 Å². The number of anilines is 1. The molecule has 2 fully saturated rings. The Kier molecular flexibility index (Phi) is 5.52. The van der Waals surface area contributed by atoms with Gasteiger partial charge in [0.25, 0.3) is 5.56 Å². The van der Waals surface area contributed by atoms with Crippen LogP contribution in [0.15, 0.2) is 29.1 Å². The van der Waals surface area contributed by atoms with E-state index in [0.29, 0.717) is 18.2 Å². The third-order valence-electron chi connectivity index (χ3n) is 5.84. The number of aromatic hydroxyl groups is 1. The number of aromatic amines is 1. The molecule has 1 aromatic carbocycles. The van der Waals surface area contributed by atoms with Gasteiger partial charge in [0.05, 0.1) is 12.8 Å². The molecule has 28 heavy (non-hydrogen) atoms. The van der Waals surface area contributed by atoms with Crippen LogP contribution in [0, 0.1) is 0 Å². The number of phenolic OH excluding ortho intramolecular Hbond substituents is 1. The highest BCUT2D eigenvalue weighted by molar-refractivity contribution is 5.39. The molecule has 4 rings (SSSR count). The fraction of sp³-hybridized carbons (Fsp3) is 0.524. The second-order valence-electron chi connectivity index (χ2n) is 7.73. The Labute approximate surface area is 165 Å². The molecule has 0 bridgehead atoms. The third-order valence-corrected chi connectivity index (χ3v) is 5.84. The van der Waals surface area contributed by atoms with E-state index in [2.05, 4.69) is 14.8 Å². The van der Waals surface area contributed by atoms with E-state index in [1.807, 2.05) is 6.07 Å². The van der Waals surface area contributed by atoms with Crippen molar-refractivity contribution < 1.29 is 9.84 Å². The molecule has 7 nitrogen and oxygen atoms in total. The van der Waals surface area contributed by atoms with Gasteiger partial charge in [-0.05, 0) is 57.0 Å². The number of ether oxygens (including phenoxy) is 1. The minimum atomic E-state index is -0.0596. The average molecular weight is 384 g/mol. The van der Waals surface area contributed by atoms with Gasteiger partial charge in [-0.3, -0.25) is 14.7 Å². The van der Waals surface area contributed by atoms with Gasteiger partial charge < -0.3 is 14.7 Å². The van der Waals surface area contributed by atoms with Crippen molar-refractivity contribution in [2.24, 2.45) is 0 Å². The first-order valence-electron chi connectivity index (χ1n) is 10.1. The maximum Gasteiger partial charge on any atom is 0.252 e. The molecule has 2 saturated heterocycles. The molecule has 150 valence electrons. The fourth-order valence-electron chi connectivity index (χ4n) is 4.19. The molecule has 0 aliphatic carbocycles. The third kappa shape index (κ3) is 4.14. The molecule has 0 unspecified atom stereocenters. The standard InChI is InChI=1S/C21H28N4O3/c1-28-17-4-5-19(26)16(12-17)14-24-10-6-15(7-11-24)18-13-20(27)23-21(22-18)25-8-2-3-9-25/h4-5,12-13,15,26H,2-3,6-11,14H2,1H3,(H,22,23,27). The molecule has 3 heterocycles. The van der Waals surface area contributed by atoms with Crippen molar-refractivity contribution in [2.45, 2.75) is 38.1 Å². The number of hydrogen-bond acceptors (Lipinski definition) is 6. The Morgan fingerprint density at radius 1 is 1.18 bits per heavy atom. The van der Waals surface area contributed by atoms with Crippen LogP contribution in [0.25, 0.3) is 0 Å². The van der Waals surface area contributed by atoms with Crippen LogP contribution in [-0.2, 0) is 6.54 Å². The van der Waals surface area contributed by atoms with Crippen molar-refractivity contribution in [1.29, 1.82) is 0 Å². The van der Waals surface area contributed by atoms with Crippen molar-refractivity contribution >= 4 is 5.95 Å². The highest BCUT2D eigenvalue weighted by atomic mass is 16.5. The highest BCUT2D eigenvalue weighted by Gasteiger charge is 2.24. The lowest BCUT2D eigenvalue weighted by molar-refractivity contribution is 0.201. The van der Waals surface area contributed by atoms with Gasteiger partial charge in [0.15, 0.2) is 0 Å². The van der Waals surface area contributed by atoms with E-state index in [9.17, 15) is 9.90 Å². The van der Waals surface area contributed by atoms with E-state index in [1.54, 1.807) is 25.3 Å². The number of nitrogens with one attached hydrogen (secondary N) is 1. The summed E-state index contributed by atoms with van der Waals surface area (Å²) in [6.07, 6.45) is 4.23. The molecule has 7 heteroatoms. The van der Waals surface area contributed by atoms with Crippen LogP contribution in [0.1, 0.15) is 42.9 Å². The Morgan fingerprint density at radius 2 is 1.93 bits per heavy atom. The van der Waals surface area contributed by atoms with Crippen LogP contribution in [0.4, 0.5) is 5.95 Å². The second kappa shape index (κ2) is 8.22. The molecule has 0 spiro atoms. The summed E-state index contributed by atoms with van der Waals surface area (Å²) in [7, 11) is 1.63. The zero-order valence-electron chi connectivity index (χ0n) is 16.4. The summed E-state index contributed by atoms with van der Waals surface area (Å²) in [6.45, 7) is 4.45. The normalized spacial score (nSPS) is 18.5. The Bertz CT molecular complexity index is 868. The van der Waals surface area contributed by atoms with Gasteiger partial charge in [-0.2, -0.15) is 0 Å². The largest absolute Gasteiger partial charge is 0.508 e. The Morgan fingerprint density at radius 3 is 2.64 bits per heavy atom. The maximum absolute atomic E-state index is 12.1. The number of H-pyrrole nitrogens is 1. The number of likely N-dealkylation sites (tertiary alicyclic amines) is 1. The SMILES string of the molecule is COc1ccc(O)c(CN2CCC(c3cc(=O)[nH]c(N4CCCC4)n3)CC2)c1. The highest BCUT2D eigenvalue weighted by Crippen LogP contribution is 2.30. The van der Waals surface area contributed by atoms with Gasteiger partial charge in [-0.1, -0.05) is 0 Å². The van der Waals surface area contributed by atoms with E-state index >= 15 is 0 Å². The summed E-state index contributed by atoms with van der Waals surface area (Å²) in [5, 5.41) is 10.1. The zero-order valence-corrected chi connectivity index (χ0v) is 16.4. The van der Waals surface area contributed by atoms with E-state index < -0.39 is 0 Å². The summed E-state index contributed by atoms with van der Waals surface area (Å²) in [5.74, 6) is 2.09. The molecular weight excluding hydrogens is 356 g/mol. The van der Waals surface area contributed by atoms with E-state index in [0.717, 1.165) is 74.8 Å². The van der Waals surface area contributed by atoms with Crippen LogP contribution in [0.2, 0.25) is 0 Å². The number of benzene rings is 1. The zero-order chi connectivity index (χ0) is 19.5. The molecule has 0 atom stereocenters. The monoisotopic (exact) mass is 384 g/mol. The average Bonchev–Trinajstić information content (AvgIpc) is 3.25.